The molecule has 0 spiro atoms. The van der Waals surface area contributed by atoms with E-state index in [9.17, 15) is 9.59 Å². The predicted octanol–water partition coefficient (Wildman–Crippen LogP) is 3.85. The van der Waals surface area contributed by atoms with Crippen molar-refractivity contribution in [3.05, 3.63) is 71.6 Å². The summed E-state index contributed by atoms with van der Waals surface area (Å²) in [5.41, 5.74) is 7.05. The van der Waals surface area contributed by atoms with Crippen LogP contribution < -0.4 is 5.73 Å². The molecule has 1 aliphatic rings. The van der Waals surface area contributed by atoms with Crippen molar-refractivity contribution in [1.29, 1.82) is 0 Å². The van der Waals surface area contributed by atoms with Crippen LogP contribution in [0.5, 0.6) is 0 Å². The van der Waals surface area contributed by atoms with Crippen LogP contribution in [0.2, 0.25) is 0 Å². The highest BCUT2D eigenvalue weighted by Gasteiger charge is 2.41. The molecule has 0 saturated heterocycles. The number of hydrogen-bond donors (Lipinski definition) is 1. The van der Waals surface area contributed by atoms with Gasteiger partial charge in [-0.05, 0) is 37.0 Å². The molecule has 1 atom stereocenters. The van der Waals surface area contributed by atoms with Gasteiger partial charge >= 0.3 is 0 Å². The third-order valence-electron chi connectivity index (χ3n) is 5.78. The maximum atomic E-state index is 12.9. The Morgan fingerprint density at radius 2 is 1.83 bits per heavy atom. The lowest BCUT2D eigenvalue weighted by molar-refractivity contribution is -0.126. The van der Waals surface area contributed by atoms with Crippen LogP contribution in [0.15, 0.2) is 59.1 Å². The average molecular weight is 389 g/mol. The molecular formula is C23H23N3O3. The highest BCUT2D eigenvalue weighted by molar-refractivity contribution is 5.93. The molecule has 1 heterocycles. The van der Waals surface area contributed by atoms with Crippen LogP contribution in [0.3, 0.4) is 0 Å². The molecule has 1 unspecified atom stereocenters. The highest BCUT2D eigenvalue weighted by atomic mass is 16.5. The molecule has 1 fully saturated rings. The predicted molar refractivity (Wildman–Crippen MR) is 108 cm³/mol. The fourth-order valence-corrected chi connectivity index (χ4v) is 4.14. The summed E-state index contributed by atoms with van der Waals surface area (Å²) in [6.45, 7) is 0. The monoisotopic (exact) mass is 389 g/mol. The van der Waals surface area contributed by atoms with Gasteiger partial charge in [-0.25, -0.2) is 0 Å². The topological polar surface area (TPSA) is 99.1 Å². The Balaban J connectivity index is 1.53. The third kappa shape index (κ3) is 3.83. The van der Waals surface area contributed by atoms with E-state index in [0.29, 0.717) is 42.3 Å². The number of primary amides is 1. The van der Waals surface area contributed by atoms with Crippen LogP contribution >= 0.6 is 0 Å². The lowest BCUT2D eigenvalue weighted by Crippen LogP contribution is -2.39. The summed E-state index contributed by atoms with van der Waals surface area (Å²) >= 11 is 0. The standard InChI is InChI=1S/C23H23N3O3/c24-21(28)16-9-11-17(12-10-16)22-25-20(29-26-22)13-15-23(14-5-4-8-19(23)27)18-6-2-1-3-7-18/h1-3,6-7,9-12H,4-5,8,13-15H2,(H2,24,28). The Kier molecular flexibility index (Phi) is 5.25. The summed E-state index contributed by atoms with van der Waals surface area (Å²) in [6, 6.07) is 16.8. The van der Waals surface area contributed by atoms with E-state index in [1.807, 2.05) is 30.3 Å². The van der Waals surface area contributed by atoms with Gasteiger partial charge in [0.05, 0.1) is 5.41 Å². The molecule has 2 aromatic carbocycles. The Labute approximate surface area is 169 Å². The molecule has 29 heavy (non-hydrogen) atoms. The fraction of sp³-hybridized carbons (Fsp3) is 0.304. The fourth-order valence-electron chi connectivity index (χ4n) is 4.14. The SMILES string of the molecule is NC(=O)c1ccc(-c2noc(CCC3(c4ccccc4)CCCCC3=O)n2)cc1. The summed E-state index contributed by atoms with van der Waals surface area (Å²) in [5.74, 6) is 0.790. The molecule has 6 heteroatoms. The minimum atomic E-state index is -0.478. The molecule has 148 valence electrons. The quantitative estimate of drug-likeness (QED) is 0.690. The smallest absolute Gasteiger partial charge is 0.248 e. The third-order valence-corrected chi connectivity index (χ3v) is 5.78. The van der Waals surface area contributed by atoms with Crippen molar-refractivity contribution in [1.82, 2.24) is 10.1 Å². The zero-order chi connectivity index (χ0) is 20.3. The number of nitrogens with two attached hydrogens (primary N) is 1. The van der Waals surface area contributed by atoms with Crippen molar-refractivity contribution in [2.75, 3.05) is 0 Å². The van der Waals surface area contributed by atoms with Crippen LogP contribution in [0.25, 0.3) is 11.4 Å². The van der Waals surface area contributed by atoms with Crippen LogP contribution in [0.4, 0.5) is 0 Å². The molecule has 1 saturated carbocycles. The van der Waals surface area contributed by atoms with E-state index in [1.165, 1.54) is 0 Å². The molecular weight excluding hydrogens is 366 g/mol. The van der Waals surface area contributed by atoms with Gasteiger partial charge in [0.15, 0.2) is 0 Å². The molecule has 2 N–H and O–H groups in total. The van der Waals surface area contributed by atoms with Crippen LogP contribution in [0, 0.1) is 0 Å². The first-order valence-electron chi connectivity index (χ1n) is 9.90. The Morgan fingerprint density at radius 3 is 2.52 bits per heavy atom. The number of aryl methyl sites for hydroxylation is 1. The number of nitrogens with zero attached hydrogens (tertiary/aromatic N) is 2. The first kappa shape index (κ1) is 19.1. The second-order valence-electron chi connectivity index (χ2n) is 7.53. The number of aromatic nitrogens is 2. The lowest BCUT2D eigenvalue weighted by Gasteiger charge is -2.36. The molecule has 0 bridgehead atoms. The van der Waals surface area contributed by atoms with Gasteiger partial charge in [-0.3, -0.25) is 9.59 Å². The summed E-state index contributed by atoms with van der Waals surface area (Å²) in [4.78, 5) is 28.6. The first-order chi connectivity index (χ1) is 14.1. The number of carbonyl (C=O) groups is 2. The molecule has 0 aliphatic heterocycles. The molecule has 0 radical (unpaired) electrons. The minimum absolute atomic E-state index is 0.303. The zero-order valence-electron chi connectivity index (χ0n) is 16.1. The van der Waals surface area contributed by atoms with Crippen molar-refractivity contribution in [3.63, 3.8) is 0 Å². The van der Waals surface area contributed by atoms with E-state index < -0.39 is 11.3 Å². The number of carbonyl (C=O) groups excluding carboxylic acids is 2. The Morgan fingerprint density at radius 1 is 1.07 bits per heavy atom. The molecule has 3 aromatic rings. The van der Waals surface area contributed by atoms with Crippen molar-refractivity contribution >= 4 is 11.7 Å². The van der Waals surface area contributed by atoms with Crippen molar-refractivity contribution in [2.45, 2.75) is 43.9 Å². The molecule has 1 aliphatic carbocycles. The Hall–Kier alpha value is -3.28. The van der Waals surface area contributed by atoms with Crippen LogP contribution in [0.1, 0.15) is 53.9 Å². The maximum absolute atomic E-state index is 12.9. The summed E-state index contributed by atoms with van der Waals surface area (Å²) in [5, 5.41) is 4.05. The van der Waals surface area contributed by atoms with E-state index >= 15 is 0 Å². The van der Waals surface area contributed by atoms with Crippen LogP contribution in [-0.4, -0.2) is 21.8 Å². The van der Waals surface area contributed by atoms with E-state index in [1.54, 1.807) is 24.3 Å². The number of hydrogen-bond acceptors (Lipinski definition) is 5. The van der Waals surface area contributed by atoms with Crippen molar-refractivity contribution < 1.29 is 14.1 Å². The molecule has 6 nitrogen and oxygen atoms in total. The lowest BCUT2D eigenvalue weighted by atomic mass is 9.66. The number of benzene rings is 2. The van der Waals surface area contributed by atoms with E-state index in [2.05, 4.69) is 10.1 Å². The van der Waals surface area contributed by atoms with E-state index in [-0.39, 0.29) is 0 Å². The number of ketones is 1. The van der Waals surface area contributed by atoms with Gasteiger partial charge in [0.25, 0.3) is 0 Å². The minimum Gasteiger partial charge on any atom is -0.366 e. The first-order valence-corrected chi connectivity index (χ1v) is 9.90. The molecule has 4 rings (SSSR count). The number of Topliss-reactive ketones (excluding diaryl/α,β-unsaturated/α-hetero) is 1. The summed E-state index contributed by atoms with van der Waals surface area (Å²) < 4.78 is 5.44. The van der Waals surface area contributed by atoms with Crippen molar-refractivity contribution in [3.8, 4) is 11.4 Å². The van der Waals surface area contributed by atoms with Crippen molar-refractivity contribution in [2.24, 2.45) is 5.73 Å². The Bertz CT molecular complexity index is 1010. The largest absolute Gasteiger partial charge is 0.366 e. The molecule has 1 aromatic heterocycles. The summed E-state index contributed by atoms with van der Waals surface area (Å²) in [7, 11) is 0. The normalized spacial score (nSPS) is 19.2. The second-order valence-corrected chi connectivity index (χ2v) is 7.53. The van der Waals surface area contributed by atoms with Gasteiger partial charge < -0.3 is 10.3 Å². The van der Waals surface area contributed by atoms with Crippen LogP contribution in [-0.2, 0) is 16.6 Å². The second kappa shape index (κ2) is 7.99. The van der Waals surface area contributed by atoms with Gasteiger partial charge in [0, 0.05) is 24.0 Å². The highest BCUT2D eigenvalue weighted by Crippen LogP contribution is 2.40. The van der Waals surface area contributed by atoms with Gasteiger partial charge in [-0.2, -0.15) is 4.98 Å². The maximum Gasteiger partial charge on any atom is 0.248 e. The van der Waals surface area contributed by atoms with Gasteiger partial charge in [-0.15, -0.1) is 0 Å². The van der Waals surface area contributed by atoms with Gasteiger partial charge in [0.1, 0.15) is 5.78 Å². The van der Waals surface area contributed by atoms with E-state index in [0.717, 1.165) is 30.4 Å². The van der Waals surface area contributed by atoms with Gasteiger partial charge in [-0.1, -0.05) is 54.0 Å². The number of rotatable bonds is 6. The van der Waals surface area contributed by atoms with E-state index in [4.69, 9.17) is 10.3 Å². The molecule has 1 amide bonds. The number of amides is 1. The average Bonchev–Trinajstić information content (AvgIpc) is 3.23. The summed E-state index contributed by atoms with van der Waals surface area (Å²) in [6.07, 6.45) is 4.66. The zero-order valence-corrected chi connectivity index (χ0v) is 16.1. The van der Waals surface area contributed by atoms with Gasteiger partial charge in [0.2, 0.25) is 17.6 Å².